The molecule has 2 rings (SSSR count). The van der Waals surface area contributed by atoms with Gasteiger partial charge in [0.2, 0.25) is 5.91 Å². The van der Waals surface area contributed by atoms with Crippen LogP contribution in [0, 0.1) is 23.2 Å². The maximum atomic E-state index is 11.8. The Kier molecular flexibility index (Phi) is 5.60. The summed E-state index contributed by atoms with van der Waals surface area (Å²) in [5, 5.41) is 15.5. The molecule has 3 unspecified atom stereocenters. The summed E-state index contributed by atoms with van der Waals surface area (Å²) >= 11 is 0. The van der Waals surface area contributed by atoms with Crippen molar-refractivity contribution >= 4 is 5.91 Å². The number of nitriles is 1. The smallest absolute Gasteiger partial charge is 0.224 e. The van der Waals surface area contributed by atoms with Gasteiger partial charge >= 0.3 is 0 Å². The van der Waals surface area contributed by atoms with Crippen LogP contribution in [0.5, 0.6) is 0 Å². The second-order valence-corrected chi connectivity index (χ2v) is 6.46. The molecule has 0 aromatic rings. The average Bonchev–Trinajstić information content (AvgIpc) is 2.95. The average molecular weight is 292 g/mol. The first kappa shape index (κ1) is 16.3. The highest BCUT2D eigenvalue weighted by Gasteiger charge is 2.41. The van der Waals surface area contributed by atoms with E-state index in [1.165, 1.54) is 0 Å². The van der Waals surface area contributed by atoms with E-state index < -0.39 is 0 Å². The minimum Gasteiger partial charge on any atom is -0.359 e. The first-order valence-electron chi connectivity index (χ1n) is 8.19. The van der Waals surface area contributed by atoms with Crippen LogP contribution in [0.4, 0.5) is 0 Å². The molecule has 1 amide bonds. The van der Waals surface area contributed by atoms with Crippen LogP contribution < -0.4 is 10.6 Å². The number of amides is 1. The normalized spacial score (nSPS) is 33.6. The Morgan fingerprint density at radius 3 is 2.86 bits per heavy atom. The zero-order chi connectivity index (χ0) is 15.3. The number of carbonyl (C=O) groups is 1. The molecule has 118 valence electrons. The van der Waals surface area contributed by atoms with Crippen LogP contribution in [0.3, 0.4) is 0 Å². The van der Waals surface area contributed by atoms with Gasteiger partial charge in [-0.05, 0) is 58.2 Å². The molecule has 5 heteroatoms. The molecule has 0 bridgehead atoms. The Balaban J connectivity index is 1.85. The summed E-state index contributed by atoms with van der Waals surface area (Å²) in [7, 11) is 3.62. The second kappa shape index (κ2) is 7.24. The molecule has 1 aliphatic carbocycles. The Labute approximate surface area is 128 Å². The topological polar surface area (TPSA) is 68.2 Å². The SMILES string of the molecule is CNC(=O)C1CCCN(CCC2CCCC2(C#N)NC)C1. The Bertz CT molecular complexity index is 406. The minimum absolute atomic E-state index is 0.136. The van der Waals surface area contributed by atoms with Crippen molar-refractivity contribution in [2.45, 2.75) is 44.1 Å². The van der Waals surface area contributed by atoms with Crippen LogP contribution in [0.25, 0.3) is 0 Å². The Morgan fingerprint density at radius 1 is 1.38 bits per heavy atom. The zero-order valence-electron chi connectivity index (χ0n) is 13.3. The van der Waals surface area contributed by atoms with E-state index in [2.05, 4.69) is 21.6 Å². The van der Waals surface area contributed by atoms with E-state index in [4.69, 9.17) is 0 Å². The number of piperidine rings is 1. The van der Waals surface area contributed by atoms with Gasteiger partial charge in [-0.15, -0.1) is 0 Å². The van der Waals surface area contributed by atoms with Crippen LogP contribution >= 0.6 is 0 Å². The summed E-state index contributed by atoms with van der Waals surface area (Å²) in [6.45, 7) is 2.95. The maximum Gasteiger partial charge on any atom is 0.224 e. The van der Waals surface area contributed by atoms with Gasteiger partial charge in [0, 0.05) is 13.6 Å². The van der Waals surface area contributed by atoms with E-state index >= 15 is 0 Å². The lowest BCUT2D eigenvalue weighted by molar-refractivity contribution is -0.126. The molecule has 1 aliphatic heterocycles. The number of hydrogen-bond acceptors (Lipinski definition) is 4. The van der Waals surface area contributed by atoms with Gasteiger partial charge in [-0.3, -0.25) is 4.79 Å². The van der Waals surface area contributed by atoms with Gasteiger partial charge in [-0.25, -0.2) is 0 Å². The molecule has 0 aromatic carbocycles. The van der Waals surface area contributed by atoms with Crippen molar-refractivity contribution in [1.82, 2.24) is 15.5 Å². The van der Waals surface area contributed by atoms with Crippen molar-refractivity contribution in [3.05, 3.63) is 0 Å². The maximum absolute atomic E-state index is 11.8. The molecule has 1 saturated heterocycles. The van der Waals surface area contributed by atoms with Crippen LogP contribution in [-0.2, 0) is 4.79 Å². The van der Waals surface area contributed by atoms with E-state index in [9.17, 15) is 10.1 Å². The zero-order valence-corrected chi connectivity index (χ0v) is 13.3. The molecule has 1 heterocycles. The van der Waals surface area contributed by atoms with E-state index in [1.807, 2.05) is 7.05 Å². The van der Waals surface area contributed by atoms with E-state index in [1.54, 1.807) is 7.05 Å². The molecule has 1 saturated carbocycles. The summed E-state index contributed by atoms with van der Waals surface area (Å²) in [5.41, 5.74) is -0.323. The highest BCUT2D eigenvalue weighted by molar-refractivity contribution is 5.78. The Hall–Kier alpha value is -1.12. The van der Waals surface area contributed by atoms with Gasteiger partial charge in [0.15, 0.2) is 0 Å². The lowest BCUT2D eigenvalue weighted by Gasteiger charge is -2.34. The first-order chi connectivity index (χ1) is 10.1. The van der Waals surface area contributed by atoms with Gasteiger partial charge in [-0.2, -0.15) is 5.26 Å². The van der Waals surface area contributed by atoms with E-state index in [-0.39, 0.29) is 17.4 Å². The molecule has 5 nitrogen and oxygen atoms in total. The van der Waals surface area contributed by atoms with Crippen LogP contribution in [0.2, 0.25) is 0 Å². The molecular formula is C16H28N4O. The third-order valence-electron chi connectivity index (χ3n) is 5.38. The first-order valence-corrected chi connectivity index (χ1v) is 8.19. The molecule has 0 spiro atoms. The van der Waals surface area contributed by atoms with Crippen LogP contribution in [0.15, 0.2) is 0 Å². The summed E-state index contributed by atoms with van der Waals surface area (Å²) in [4.78, 5) is 14.2. The van der Waals surface area contributed by atoms with Crippen LogP contribution in [-0.4, -0.2) is 50.1 Å². The Morgan fingerprint density at radius 2 is 2.19 bits per heavy atom. The third kappa shape index (κ3) is 3.56. The van der Waals surface area contributed by atoms with Gasteiger partial charge in [-0.1, -0.05) is 6.42 Å². The molecule has 0 radical (unpaired) electrons. The number of nitrogens with one attached hydrogen (secondary N) is 2. The number of nitrogens with zero attached hydrogens (tertiary/aromatic N) is 2. The molecule has 3 atom stereocenters. The fourth-order valence-corrected chi connectivity index (χ4v) is 4.02. The monoisotopic (exact) mass is 292 g/mol. The highest BCUT2D eigenvalue weighted by Crippen LogP contribution is 2.37. The van der Waals surface area contributed by atoms with E-state index in [0.29, 0.717) is 5.92 Å². The predicted octanol–water partition coefficient (Wildman–Crippen LogP) is 1.12. The van der Waals surface area contributed by atoms with E-state index in [0.717, 1.165) is 58.2 Å². The van der Waals surface area contributed by atoms with Crippen LogP contribution in [0.1, 0.15) is 38.5 Å². The van der Waals surface area contributed by atoms with Gasteiger partial charge in [0.25, 0.3) is 0 Å². The number of carbonyl (C=O) groups excluding carboxylic acids is 1. The second-order valence-electron chi connectivity index (χ2n) is 6.46. The van der Waals surface area contributed by atoms with Gasteiger partial charge < -0.3 is 15.5 Å². The molecule has 2 aliphatic rings. The van der Waals surface area contributed by atoms with Gasteiger partial charge in [0.05, 0.1) is 12.0 Å². The van der Waals surface area contributed by atoms with Crippen molar-refractivity contribution in [2.24, 2.45) is 11.8 Å². The summed E-state index contributed by atoms with van der Waals surface area (Å²) in [6, 6.07) is 2.51. The largest absolute Gasteiger partial charge is 0.359 e. The fraction of sp³-hybridized carbons (Fsp3) is 0.875. The van der Waals surface area contributed by atoms with Crippen molar-refractivity contribution in [3.63, 3.8) is 0 Å². The summed E-state index contributed by atoms with van der Waals surface area (Å²) < 4.78 is 0. The molecule has 2 fully saturated rings. The van der Waals surface area contributed by atoms with Gasteiger partial charge in [0.1, 0.15) is 5.54 Å². The predicted molar refractivity (Wildman–Crippen MR) is 82.6 cm³/mol. The fourth-order valence-electron chi connectivity index (χ4n) is 4.02. The minimum atomic E-state index is -0.323. The lowest BCUT2D eigenvalue weighted by Crippen LogP contribution is -2.47. The lowest BCUT2D eigenvalue weighted by atomic mass is 9.85. The number of likely N-dealkylation sites (tertiary alicyclic amines) is 1. The molecule has 21 heavy (non-hydrogen) atoms. The molecular weight excluding hydrogens is 264 g/mol. The standard InChI is InChI=1S/C16H28N4O/c1-18-15(21)13-5-4-9-20(11-13)10-7-14-6-3-8-16(14,12-17)19-2/h13-14,19H,3-11H2,1-2H3,(H,18,21). The summed E-state index contributed by atoms with van der Waals surface area (Å²) in [5.74, 6) is 0.743. The van der Waals surface area contributed by atoms with Crippen molar-refractivity contribution < 1.29 is 4.79 Å². The number of rotatable bonds is 5. The van der Waals surface area contributed by atoms with Crippen molar-refractivity contribution in [3.8, 4) is 6.07 Å². The number of hydrogen-bond donors (Lipinski definition) is 2. The molecule has 2 N–H and O–H groups in total. The van der Waals surface area contributed by atoms with Crippen molar-refractivity contribution in [2.75, 3.05) is 33.7 Å². The molecule has 0 aromatic heterocycles. The quantitative estimate of drug-likeness (QED) is 0.797. The van der Waals surface area contributed by atoms with Crippen molar-refractivity contribution in [1.29, 1.82) is 5.26 Å². The third-order valence-corrected chi connectivity index (χ3v) is 5.38. The summed E-state index contributed by atoms with van der Waals surface area (Å²) in [6.07, 6.45) is 6.39. The highest BCUT2D eigenvalue weighted by atomic mass is 16.1.